The maximum atomic E-state index is 13.9. The Balaban J connectivity index is 2.06. The standard InChI is InChI=1S/C27H30ClN3O6S/c1-6-23(20-9-7-17(2)19(4)13-20)29-27(32)16-30(25-14-21(28)10-12-26(25)37-5)38(35,36)22-11-8-18(3)24(15-22)31(33)34/h7-15,23H,6,16H2,1-5H3,(H,29,32). The first-order chi connectivity index (χ1) is 17.9. The molecule has 1 atom stereocenters. The van der Waals surface area contributed by atoms with Crippen molar-refractivity contribution in [3.63, 3.8) is 0 Å². The number of rotatable bonds is 10. The number of nitrogens with zero attached hydrogens (tertiary/aromatic N) is 2. The van der Waals surface area contributed by atoms with Crippen LogP contribution in [-0.2, 0) is 14.8 Å². The van der Waals surface area contributed by atoms with Crippen LogP contribution < -0.4 is 14.4 Å². The SMILES string of the molecule is CCC(NC(=O)CN(c1cc(Cl)ccc1OC)S(=O)(=O)c1ccc(C)c([N+](=O)[O-])c1)c1ccc(C)c(C)c1. The molecule has 0 saturated heterocycles. The zero-order valence-electron chi connectivity index (χ0n) is 21.8. The highest BCUT2D eigenvalue weighted by atomic mass is 35.5. The maximum Gasteiger partial charge on any atom is 0.273 e. The third-order valence-corrected chi connectivity index (χ3v) is 8.33. The normalized spacial score (nSPS) is 12.1. The van der Waals surface area contributed by atoms with E-state index in [0.717, 1.165) is 27.1 Å². The van der Waals surface area contributed by atoms with Crippen molar-refractivity contribution in [2.75, 3.05) is 18.0 Å². The average molecular weight is 560 g/mol. The molecule has 3 aromatic carbocycles. The van der Waals surface area contributed by atoms with E-state index in [4.69, 9.17) is 16.3 Å². The van der Waals surface area contributed by atoms with Gasteiger partial charge in [-0.15, -0.1) is 0 Å². The summed E-state index contributed by atoms with van der Waals surface area (Å²) < 4.78 is 34.0. The van der Waals surface area contributed by atoms with Gasteiger partial charge in [0, 0.05) is 16.7 Å². The number of halogens is 1. The molecule has 1 amide bonds. The highest BCUT2D eigenvalue weighted by Gasteiger charge is 2.32. The van der Waals surface area contributed by atoms with E-state index in [9.17, 15) is 23.3 Å². The molecule has 11 heteroatoms. The van der Waals surface area contributed by atoms with Crippen molar-refractivity contribution in [3.05, 3.63) is 92.0 Å². The lowest BCUT2D eigenvalue weighted by Gasteiger charge is -2.27. The molecule has 1 N–H and O–H groups in total. The summed E-state index contributed by atoms with van der Waals surface area (Å²) in [6.45, 7) is 6.79. The number of ether oxygens (including phenoxy) is 1. The maximum absolute atomic E-state index is 13.9. The number of aryl methyl sites for hydroxylation is 3. The van der Waals surface area contributed by atoms with Crippen LogP contribution in [0.2, 0.25) is 5.02 Å². The fraction of sp³-hybridized carbons (Fsp3) is 0.296. The summed E-state index contributed by atoms with van der Waals surface area (Å²) in [5, 5.41) is 14.6. The van der Waals surface area contributed by atoms with Crippen LogP contribution in [0, 0.1) is 30.9 Å². The Morgan fingerprint density at radius 2 is 1.74 bits per heavy atom. The van der Waals surface area contributed by atoms with Crippen molar-refractivity contribution < 1.29 is 22.9 Å². The molecule has 0 aliphatic carbocycles. The van der Waals surface area contributed by atoms with Gasteiger partial charge in [-0.1, -0.05) is 42.8 Å². The number of hydrogen-bond acceptors (Lipinski definition) is 6. The minimum absolute atomic E-state index is 0.0256. The van der Waals surface area contributed by atoms with E-state index in [-0.39, 0.29) is 33.1 Å². The first-order valence-corrected chi connectivity index (χ1v) is 13.7. The van der Waals surface area contributed by atoms with Gasteiger partial charge in [-0.3, -0.25) is 19.2 Å². The van der Waals surface area contributed by atoms with Gasteiger partial charge in [0.2, 0.25) is 5.91 Å². The number of nitro benzene ring substituents is 1. The van der Waals surface area contributed by atoms with Crippen LogP contribution in [0.4, 0.5) is 11.4 Å². The topological polar surface area (TPSA) is 119 Å². The molecule has 0 radical (unpaired) electrons. The molecule has 9 nitrogen and oxygen atoms in total. The van der Waals surface area contributed by atoms with E-state index in [1.165, 1.54) is 44.4 Å². The first-order valence-electron chi connectivity index (χ1n) is 11.9. The molecule has 0 aromatic heterocycles. The Labute approximate surface area is 227 Å². The number of sulfonamides is 1. The number of nitro groups is 1. The van der Waals surface area contributed by atoms with Gasteiger partial charge in [0.15, 0.2) is 0 Å². The third-order valence-electron chi connectivity index (χ3n) is 6.34. The van der Waals surface area contributed by atoms with E-state index in [1.54, 1.807) is 0 Å². The number of carbonyl (C=O) groups is 1. The predicted octanol–water partition coefficient (Wildman–Crippen LogP) is 5.64. The minimum Gasteiger partial charge on any atom is -0.495 e. The van der Waals surface area contributed by atoms with Crippen LogP contribution in [-0.4, -0.2) is 32.9 Å². The summed E-state index contributed by atoms with van der Waals surface area (Å²) >= 11 is 6.19. The number of methoxy groups -OCH3 is 1. The molecule has 0 aliphatic rings. The highest BCUT2D eigenvalue weighted by Crippen LogP contribution is 2.36. The van der Waals surface area contributed by atoms with Crippen molar-refractivity contribution in [1.29, 1.82) is 0 Å². The smallest absolute Gasteiger partial charge is 0.273 e. The van der Waals surface area contributed by atoms with Crippen LogP contribution in [0.5, 0.6) is 5.75 Å². The van der Waals surface area contributed by atoms with Crippen LogP contribution >= 0.6 is 11.6 Å². The number of anilines is 1. The fourth-order valence-electron chi connectivity index (χ4n) is 4.00. The summed E-state index contributed by atoms with van der Waals surface area (Å²) in [5.74, 6) is -0.407. The van der Waals surface area contributed by atoms with Crippen molar-refractivity contribution in [1.82, 2.24) is 5.32 Å². The van der Waals surface area contributed by atoms with Crippen LogP contribution in [0.3, 0.4) is 0 Å². The van der Waals surface area contributed by atoms with E-state index >= 15 is 0 Å². The van der Waals surface area contributed by atoms with Crippen molar-refractivity contribution in [2.45, 2.75) is 45.1 Å². The summed E-state index contributed by atoms with van der Waals surface area (Å²) in [6, 6.07) is 13.5. The summed E-state index contributed by atoms with van der Waals surface area (Å²) in [4.78, 5) is 23.8. The van der Waals surface area contributed by atoms with Crippen molar-refractivity contribution >= 4 is 38.9 Å². The Hall–Kier alpha value is -3.63. The Kier molecular flexibility index (Phi) is 9.01. The second kappa shape index (κ2) is 11.8. The molecule has 3 rings (SSSR count). The zero-order chi connectivity index (χ0) is 28.2. The number of nitrogens with one attached hydrogen (secondary N) is 1. The number of hydrogen-bond donors (Lipinski definition) is 1. The fourth-order valence-corrected chi connectivity index (χ4v) is 5.61. The van der Waals surface area contributed by atoms with Crippen LogP contribution in [0.15, 0.2) is 59.5 Å². The molecule has 3 aromatic rings. The second-order valence-corrected chi connectivity index (χ2v) is 11.2. The first kappa shape index (κ1) is 28.9. The van der Waals surface area contributed by atoms with Crippen molar-refractivity contribution in [3.8, 4) is 5.75 Å². The van der Waals surface area contributed by atoms with Gasteiger partial charge in [-0.05, 0) is 68.1 Å². The molecule has 202 valence electrons. The van der Waals surface area contributed by atoms with Gasteiger partial charge in [-0.25, -0.2) is 8.42 Å². The lowest BCUT2D eigenvalue weighted by atomic mass is 9.99. The average Bonchev–Trinajstić information content (AvgIpc) is 2.87. The monoisotopic (exact) mass is 559 g/mol. The summed E-state index contributed by atoms with van der Waals surface area (Å²) in [6.07, 6.45) is 0.575. The third kappa shape index (κ3) is 6.25. The molecular formula is C27H30ClN3O6S. The number of carbonyl (C=O) groups excluding carboxylic acids is 1. The summed E-state index contributed by atoms with van der Waals surface area (Å²) in [7, 11) is -3.10. The lowest BCUT2D eigenvalue weighted by Crippen LogP contribution is -2.42. The molecule has 0 fully saturated rings. The van der Waals surface area contributed by atoms with Gasteiger partial charge in [0.05, 0.1) is 28.7 Å². The van der Waals surface area contributed by atoms with Crippen LogP contribution in [0.1, 0.15) is 41.6 Å². The molecule has 38 heavy (non-hydrogen) atoms. The Bertz CT molecular complexity index is 1480. The lowest BCUT2D eigenvalue weighted by molar-refractivity contribution is -0.385. The van der Waals surface area contributed by atoms with Crippen LogP contribution in [0.25, 0.3) is 0 Å². The molecule has 0 heterocycles. The van der Waals surface area contributed by atoms with E-state index in [2.05, 4.69) is 5.32 Å². The van der Waals surface area contributed by atoms with E-state index in [1.807, 2.05) is 39.0 Å². The molecule has 0 bridgehead atoms. The Morgan fingerprint density at radius 1 is 1.05 bits per heavy atom. The number of benzene rings is 3. The quantitative estimate of drug-likeness (QED) is 0.253. The molecule has 0 spiro atoms. The van der Waals surface area contributed by atoms with Gasteiger partial charge < -0.3 is 10.1 Å². The molecule has 0 saturated carbocycles. The van der Waals surface area contributed by atoms with Gasteiger partial charge in [-0.2, -0.15) is 0 Å². The number of amides is 1. The second-order valence-electron chi connectivity index (χ2n) is 8.91. The predicted molar refractivity (Wildman–Crippen MR) is 147 cm³/mol. The highest BCUT2D eigenvalue weighted by molar-refractivity contribution is 7.92. The van der Waals surface area contributed by atoms with Gasteiger partial charge >= 0.3 is 0 Å². The van der Waals surface area contributed by atoms with Gasteiger partial charge in [0.1, 0.15) is 12.3 Å². The summed E-state index contributed by atoms with van der Waals surface area (Å²) in [5.41, 5.74) is 3.06. The van der Waals surface area contributed by atoms with E-state index in [0.29, 0.717) is 12.0 Å². The Morgan fingerprint density at radius 3 is 2.34 bits per heavy atom. The zero-order valence-corrected chi connectivity index (χ0v) is 23.4. The largest absolute Gasteiger partial charge is 0.495 e. The minimum atomic E-state index is -4.46. The van der Waals surface area contributed by atoms with Crippen molar-refractivity contribution in [2.24, 2.45) is 0 Å². The molecular weight excluding hydrogens is 530 g/mol. The molecule has 1 unspecified atom stereocenters. The van der Waals surface area contributed by atoms with Gasteiger partial charge in [0.25, 0.3) is 15.7 Å². The van der Waals surface area contributed by atoms with E-state index < -0.39 is 27.4 Å². The molecule has 0 aliphatic heterocycles.